The Morgan fingerprint density at radius 2 is 2.19 bits per heavy atom. The Bertz CT molecular complexity index is 580. The summed E-state index contributed by atoms with van der Waals surface area (Å²) in [6.45, 7) is 3.85. The van der Waals surface area contributed by atoms with Crippen molar-refractivity contribution in [1.82, 2.24) is 9.62 Å². The molecule has 8 heteroatoms. The molecule has 120 valence electrons. The van der Waals surface area contributed by atoms with Crippen LogP contribution in [0.15, 0.2) is 27.6 Å². The van der Waals surface area contributed by atoms with E-state index in [-0.39, 0.29) is 27.8 Å². The maximum absolute atomic E-state index is 13.6. The van der Waals surface area contributed by atoms with Gasteiger partial charge in [0.15, 0.2) is 0 Å². The molecule has 1 aromatic carbocycles. The largest absolute Gasteiger partial charge is 0.315 e. The van der Waals surface area contributed by atoms with Crippen LogP contribution < -0.4 is 5.32 Å². The molecule has 1 heterocycles. The average Bonchev–Trinajstić information content (AvgIpc) is 2.92. The number of nitrogens with one attached hydrogen (secondary N) is 1. The lowest BCUT2D eigenvalue weighted by atomic mass is 10.2. The second-order valence-corrected chi connectivity index (χ2v) is 7.58. The van der Waals surface area contributed by atoms with Gasteiger partial charge in [0.2, 0.25) is 10.0 Å². The quantitative estimate of drug-likeness (QED) is 0.825. The first-order valence-electron chi connectivity index (χ1n) is 6.64. The summed E-state index contributed by atoms with van der Waals surface area (Å²) in [5.74, 6) is -0.563. The van der Waals surface area contributed by atoms with E-state index >= 15 is 0 Å². The summed E-state index contributed by atoms with van der Waals surface area (Å²) in [6, 6.07) is 3.89. The van der Waals surface area contributed by atoms with E-state index in [1.54, 1.807) is 0 Å². The normalized spacial score (nSPS) is 18.8. The van der Waals surface area contributed by atoms with Gasteiger partial charge in [0.1, 0.15) is 5.82 Å². The van der Waals surface area contributed by atoms with Crippen LogP contribution in [0.2, 0.25) is 0 Å². The topological polar surface area (TPSA) is 49.4 Å². The maximum Gasteiger partial charge on any atom is 0.243 e. The van der Waals surface area contributed by atoms with Crippen LogP contribution in [0.4, 0.5) is 4.39 Å². The Hall–Kier alpha value is -0.210. The first-order chi connectivity index (χ1) is 9.46. The highest BCUT2D eigenvalue weighted by atomic mass is 79.9. The number of halogens is 3. The lowest BCUT2D eigenvalue weighted by molar-refractivity contribution is 0.335. The van der Waals surface area contributed by atoms with E-state index in [0.717, 1.165) is 25.5 Å². The molecule has 4 nitrogen and oxygen atoms in total. The minimum atomic E-state index is -3.65. The zero-order valence-electron chi connectivity index (χ0n) is 11.7. The van der Waals surface area contributed by atoms with Gasteiger partial charge in [-0.15, -0.1) is 12.4 Å². The molecule has 21 heavy (non-hydrogen) atoms. The minimum absolute atomic E-state index is 0. The molecule has 0 bridgehead atoms. The second-order valence-electron chi connectivity index (χ2n) is 4.84. The van der Waals surface area contributed by atoms with Gasteiger partial charge in [-0.1, -0.05) is 6.92 Å². The molecule has 1 aliphatic rings. The Morgan fingerprint density at radius 3 is 2.71 bits per heavy atom. The number of hydrogen-bond acceptors (Lipinski definition) is 3. The third kappa shape index (κ3) is 4.16. The van der Waals surface area contributed by atoms with Gasteiger partial charge in [-0.2, -0.15) is 4.31 Å². The third-order valence-corrected chi connectivity index (χ3v) is 5.97. The average molecular weight is 402 g/mol. The van der Waals surface area contributed by atoms with Crippen molar-refractivity contribution >= 4 is 38.4 Å². The third-order valence-electron chi connectivity index (χ3n) is 3.38. The van der Waals surface area contributed by atoms with Crippen molar-refractivity contribution in [2.45, 2.75) is 30.7 Å². The number of sulfonamides is 1. The number of rotatable bonds is 5. The fraction of sp³-hybridized carbons (Fsp3) is 0.538. The van der Waals surface area contributed by atoms with E-state index in [1.165, 1.54) is 16.4 Å². The summed E-state index contributed by atoms with van der Waals surface area (Å²) in [7, 11) is -3.65. The molecule has 0 aromatic heterocycles. The molecule has 0 radical (unpaired) electrons. The molecule has 1 aromatic rings. The van der Waals surface area contributed by atoms with Gasteiger partial charge in [0.25, 0.3) is 0 Å². The van der Waals surface area contributed by atoms with Crippen molar-refractivity contribution in [3.05, 3.63) is 28.5 Å². The summed E-state index contributed by atoms with van der Waals surface area (Å²) in [5, 5.41) is 3.17. The molecule has 0 spiro atoms. The first-order valence-corrected chi connectivity index (χ1v) is 8.87. The number of hydrogen-bond donors (Lipinski definition) is 1. The highest BCUT2D eigenvalue weighted by Gasteiger charge is 2.32. The van der Waals surface area contributed by atoms with Gasteiger partial charge in [-0.25, -0.2) is 12.8 Å². The zero-order valence-corrected chi connectivity index (χ0v) is 14.9. The van der Waals surface area contributed by atoms with Crippen molar-refractivity contribution in [2.75, 3.05) is 19.6 Å². The molecule has 1 atom stereocenters. The smallest absolute Gasteiger partial charge is 0.243 e. The maximum atomic E-state index is 13.6. The van der Waals surface area contributed by atoms with E-state index < -0.39 is 15.8 Å². The van der Waals surface area contributed by atoms with Crippen LogP contribution in [0.1, 0.15) is 19.8 Å². The summed E-state index contributed by atoms with van der Waals surface area (Å²) in [4.78, 5) is 0.0125. The van der Waals surface area contributed by atoms with Crippen LogP contribution in [0.3, 0.4) is 0 Å². The van der Waals surface area contributed by atoms with E-state index in [2.05, 4.69) is 21.2 Å². The number of benzene rings is 1. The summed E-state index contributed by atoms with van der Waals surface area (Å²) in [6.07, 6.45) is 1.52. The van der Waals surface area contributed by atoms with Crippen LogP contribution >= 0.6 is 28.3 Å². The van der Waals surface area contributed by atoms with Crippen molar-refractivity contribution < 1.29 is 12.8 Å². The standard InChI is InChI=1S/C13H18BrFN2O2S.ClH/c1-2-7-17(10-5-6-16-9-10)20(18,19)11-3-4-12(14)13(15)8-11;/h3-4,8,10,16H,2,5-7,9H2,1H3;1H. The molecule has 1 fully saturated rings. The lowest BCUT2D eigenvalue weighted by Crippen LogP contribution is -2.42. The molecule has 0 amide bonds. The predicted octanol–water partition coefficient (Wildman–Crippen LogP) is 2.77. The lowest BCUT2D eigenvalue weighted by Gasteiger charge is -2.27. The minimum Gasteiger partial charge on any atom is -0.315 e. The molecule has 1 aliphatic heterocycles. The molecule has 1 saturated heterocycles. The molecule has 0 aliphatic carbocycles. The van der Waals surface area contributed by atoms with Crippen LogP contribution in [-0.4, -0.2) is 38.4 Å². The molecule has 0 saturated carbocycles. The van der Waals surface area contributed by atoms with Gasteiger partial charge >= 0.3 is 0 Å². The fourth-order valence-corrected chi connectivity index (χ4v) is 4.38. The molecule has 1 unspecified atom stereocenters. The number of nitrogens with zero attached hydrogens (tertiary/aromatic N) is 1. The Morgan fingerprint density at radius 1 is 1.48 bits per heavy atom. The van der Waals surface area contributed by atoms with Crippen molar-refractivity contribution in [3.63, 3.8) is 0 Å². The first kappa shape index (κ1) is 18.8. The van der Waals surface area contributed by atoms with E-state index in [0.29, 0.717) is 13.1 Å². The zero-order chi connectivity index (χ0) is 14.8. The van der Waals surface area contributed by atoms with Crippen LogP contribution in [0.25, 0.3) is 0 Å². The van der Waals surface area contributed by atoms with E-state index in [1.807, 2.05) is 6.92 Å². The van der Waals surface area contributed by atoms with Crippen LogP contribution in [0, 0.1) is 5.82 Å². The van der Waals surface area contributed by atoms with Gasteiger partial charge in [0, 0.05) is 19.1 Å². The second kappa shape index (κ2) is 7.87. The Kier molecular flexibility index (Phi) is 7.06. The highest BCUT2D eigenvalue weighted by Crippen LogP contribution is 2.25. The Balaban J connectivity index is 0.00000220. The summed E-state index contributed by atoms with van der Waals surface area (Å²) >= 11 is 3.04. The van der Waals surface area contributed by atoms with E-state index in [9.17, 15) is 12.8 Å². The SMILES string of the molecule is CCCN(C1CCNC1)S(=O)(=O)c1ccc(Br)c(F)c1.Cl. The fourth-order valence-electron chi connectivity index (χ4n) is 2.38. The summed E-state index contributed by atoms with van der Waals surface area (Å²) < 4.78 is 40.7. The van der Waals surface area contributed by atoms with Gasteiger partial charge in [-0.3, -0.25) is 0 Å². The van der Waals surface area contributed by atoms with Gasteiger partial charge < -0.3 is 5.32 Å². The molecular formula is C13H19BrClFN2O2S. The summed E-state index contributed by atoms with van der Waals surface area (Å²) in [5.41, 5.74) is 0. The molecule has 2 rings (SSSR count). The van der Waals surface area contributed by atoms with E-state index in [4.69, 9.17) is 0 Å². The van der Waals surface area contributed by atoms with Crippen molar-refractivity contribution in [2.24, 2.45) is 0 Å². The highest BCUT2D eigenvalue weighted by molar-refractivity contribution is 9.10. The van der Waals surface area contributed by atoms with Gasteiger partial charge in [0.05, 0.1) is 9.37 Å². The predicted molar refractivity (Wildman–Crippen MR) is 86.8 cm³/mol. The van der Waals surface area contributed by atoms with Crippen molar-refractivity contribution in [3.8, 4) is 0 Å². The monoisotopic (exact) mass is 400 g/mol. The van der Waals surface area contributed by atoms with Crippen molar-refractivity contribution in [1.29, 1.82) is 0 Å². The Labute approximate surface area is 139 Å². The van der Waals surface area contributed by atoms with Crippen LogP contribution in [-0.2, 0) is 10.0 Å². The molecule has 1 N–H and O–H groups in total. The molecular weight excluding hydrogens is 383 g/mol. The van der Waals surface area contributed by atoms with Crippen LogP contribution in [0.5, 0.6) is 0 Å². The van der Waals surface area contributed by atoms with Gasteiger partial charge in [-0.05, 0) is 53.5 Å².